The molecule has 1 fully saturated rings. The highest BCUT2D eigenvalue weighted by atomic mass is 19.4. The molecule has 1 heterocycles. The first kappa shape index (κ1) is 25.7. The molecule has 184 valence electrons. The fourth-order valence-electron chi connectivity index (χ4n) is 3.75. The third kappa shape index (κ3) is 4.44. The van der Waals surface area contributed by atoms with Crippen LogP contribution in [0.1, 0.15) is 30.5 Å². The van der Waals surface area contributed by atoms with Gasteiger partial charge < -0.3 is 15.4 Å². The number of anilines is 1. The van der Waals surface area contributed by atoms with E-state index in [4.69, 9.17) is 15.7 Å². The quantitative estimate of drug-likeness (QED) is 0.492. The Kier molecular flexibility index (Phi) is 6.89. The molecule has 2 N–H and O–H groups in total. The number of benzene rings is 2. The number of nitrogens with two attached hydrogens (primary N) is 1. The Morgan fingerprint density at radius 2 is 1.80 bits per heavy atom. The summed E-state index contributed by atoms with van der Waals surface area (Å²) in [5.41, 5.74) is 1.92. The van der Waals surface area contributed by atoms with E-state index in [9.17, 15) is 27.6 Å². The van der Waals surface area contributed by atoms with E-state index in [0.717, 1.165) is 17.0 Å². The molecule has 8 nitrogen and oxygen atoms in total. The third-order valence-corrected chi connectivity index (χ3v) is 6.13. The predicted octanol–water partition coefficient (Wildman–Crippen LogP) is 3.40. The molecular formula is C24H23F3N4O4. The number of halogens is 3. The van der Waals surface area contributed by atoms with Crippen molar-refractivity contribution in [3.05, 3.63) is 65.2 Å². The minimum atomic E-state index is -4.89. The van der Waals surface area contributed by atoms with Crippen LogP contribution in [0, 0.1) is 17.2 Å². The van der Waals surface area contributed by atoms with E-state index in [1.807, 2.05) is 0 Å². The van der Waals surface area contributed by atoms with Crippen LogP contribution in [-0.4, -0.2) is 42.5 Å². The van der Waals surface area contributed by atoms with E-state index < -0.39 is 59.3 Å². The minimum Gasteiger partial charge on any atom is -0.462 e. The zero-order chi connectivity index (χ0) is 26.1. The number of likely N-dealkylation sites (N-methyl/N-ethyl adjacent to an activating group) is 1. The number of nitriles is 1. The van der Waals surface area contributed by atoms with Crippen LogP contribution in [0.25, 0.3) is 0 Å². The number of hydrogen-bond acceptors (Lipinski definition) is 6. The standard InChI is InChI=1S/C24H23F3N4O4/c1-14(15(2)29)20(32)35-13-23(17-7-5-4-6-8-17)21(33)31(22(34)30(23)3)18-10-9-16(12-28)19(11-18)24(25,26)27/h4-11,14-15H,13,29H2,1-3H3. The molecule has 1 aliphatic heterocycles. The molecule has 3 amide bonds. The van der Waals surface area contributed by atoms with Crippen molar-refractivity contribution in [1.82, 2.24) is 4.90 Å². The zero-order valence-electron chi connectivity index (χ0n) is 19.2. The summed E-state index contributed by atoms with van der Waals surface area (Å²) in [6.07, 6.45) is -4.89. The van der Waals surface area contributed by atoms with E-state index in [-0.39, 0.29) is 5.69 Å². The normalized spacial score (nSPS) is 19.9. The molecular weight excluding hydrogens is 465 g/mol. The number of imide groups is 1. The van der Waals surface area contributed by atoms with E-state index in [1.165, 1.54) is 13.1 Å². The number of rotatable bonds is 6. The Balaban J connectivity index is 2.11. The smallest absolute Gasteiger partial charge is 0.417 e. The molecule has 1 aliphatic rings. The van der Waals surface area contributed by atoms with Gasteiger partial charge >= 0.3 is 18.2 Å². The number of amides is 3. The minimum absolute atomic E-state index is 0.300. The monoisotopic (exact) mass is 488 g/mol. The average Bonchev–Trinajstić information content (AvgIpc) is 3.02. The Labute approximate surface area is 199 Å². The van der Waals surface area contributed by atoms with Gasteiger partial charge in [-0.1, -0.05) is 37.3 Å². The van der Waals surface area contributed by atoms with Crippen molar-refractivity contribution in [2.45, 2.75) is 31.6 Å². The Hall–Kier alpha value is -3.91. The first-order chi connectivity index (χ1) is 16.4. The maximum absolute atomic E-state index is 13.8. The Morgan fingerprint density at radius 1 is 1.17 bits per heavy atom. The van der Waals surface area contributed by atoms with Gasteiger partial charge in [0, 0.05) is 13.1 Å². The fraction of sp³-hybridized carbons (Fsp3) is 0.333. The summed E-state index contributed by atoms with van der Waals surface area (Å²) in [7, 11) is 1.30. The summed E-state index contributed by atoms with van der Waals surface area (Å²) < 4.78 is 46.0. The van der Waals surface area contributed by atoms with Crippen LogP contribution in [0.4, 0.5) is 23.7 Å². The predicted molar refractivity (Wildman–Crippen MR) is 119 cm³/mol. The number of hydrogen-bond donors (Lipinski definition) is 1. The molecule has 0 bridgehead atoms. The lowest BCUT2D eigenvalue weighted by atomic mass is 9.89. The van der Waals surface area contributed by atoms with Crippen molar-refractivity contribution in [2.24, 2.45) is 11.7 Å². The van der Waals surface area contributed by atoms with Gasteiger partial charge in [-0.25, -0.2) is 9.69 Å². The van der Waals surface area contributed by atoms with Crippen molar-refractivity contribution < 1.29 is 32.3 Å². The highest BCUT2D eigenvalue weighted by Gasteiger charge is 2.58. The first-order valence-corrected chi connectivity index (χ1v) is 10.6. The van der Waals surface area contributed by atoms with Crippen molar-refractivity contribution in [3.8, 4) is 6.07 Å². The van der Waals surface area contributed by atoms with Crippen LogP contribution in [0.15, 0.2) is 48.5 Å². The number of nitrogens with zero attached hydrogens (tertiary/aromatic N) is 3. The molecule has 35 heavy (non-hydrogen) atoms. The van der Waals surface area contributed by atoms with Crippen LogP contribution in [0.2, 0.25) is 0 Å². The molecule has 3 rings (SSSR count). The topological polar surface area (TPSA) is 117 Å². The summed E-state index contributed by atoms with van der Waals surface area (Å²) in [6, 6.07) is 10.6. The lowest BCUT2D eigenvalue weighted by molar-refractivity contribution is -0.153. The average molecular weight is 488 g/mol. The summed E-state index contributed by atoms with van der Waals surface area (Å²) in [5, 5.41) is 9.06. The largest absolute Gasteiger partial charge is 0.462 e. The fourth-order valence-corrected chi connectivity index (χ4v) is 3.75. The summed E-state index contributed by atoms with van der Waals surface area (Å²) >= 11 is 0. The van der Waals surface area contributed by atoms with Gasteiger partial charge in [-0.15, -0.1) is 0 Å². The number of carbonyl (C=O) groups excluding carboxylic acids is 3. The van der Waals surface area contributed by atoms with Crippen LogP contribution in [-0.2, 0) is 26.0 Å². The number of esters is 1. The molecule has 0 saturated carbocycles. The first-order valence-electron chi connectivity index (χ1n) is 10.6. The van der Waals surface area contributed by atoms with Gasteiger partial charge in [0.2, 0.25) is 0 Å². The lowest BCUT2D eigenvalue weighted by Crippen LogP contribution is -2.50. The number of ether oxygens (including phenoxy) is 1. The molecule has 1 saturated heterocycles. The molecule has 3 atom stereocenters. The molecule has 3 unspecified atom stereocenters. The Morgan fingerprint density at radius 3 is 2.34 bits per heavy atom. The van der Waals surface area contributed by atoms with Crippen molar-refractivity contribution >= 4 is 23.6 Å². The number of carbonyl (C=O) groups is 3. The lowest BCUT2D eigenvalue weighted by Gasteiger charge is -2.33. The second-order valence-electron chi connectivity index (χ2n) is 8.30. The van der Waals surface area contributed by atoms with Crippen molar-refractivity contribution in [2.75, 3.05) is 18.6 Å². The van der Waals surface area contributed by atoms with E-state index in [1.54, 1.807) is 44.2 Å². The zero-order valence-corrected chi connectivity index (χ0v) is 19.2. The van der Waals surface area contributed by atoms with Crippen molar-refractivity contribution in [3.63, 3.8) is 0 Å². The maximum Gasteiger partial charge on any atom is 0.417 e. The molecule has 0 aromatic heterocycles. The number of alkyl halides is 3. The molecule has 2 aromatic rings. The third-order valence-electron chi connectivity index (χ3n) is 6.13. The second-order valence-corrected chi connectivity index (χ2v) is 8.30. The highest BCUT2D eigenvalue weighted by molar-refractivity contribution is 6.23. The van der Waals surface area contributed by atoms with Crippen LogP contribution in [0.5, 0.6) is 0 Å². The van der Waals surface area contributed by atoms with Gasteiger partial charge in [-0.2, -0.15) is 18.4 Å². The second kappa shape index (κ2) is 9.38. The van der Waals surface area contributed by atoms with Crippen molar-refractivity contribution in [1.29, 1.82) is 5.26 Å². The van der Waals surface area contributed by atoms with E-state index in [0.29, 0.717) is 16.5 Å². The van der Waals surface area contributed by atoms with Gasteiger partial charge in [-0.05, 0) is 30.7 Å². The molecule has 0 radical (unpaired) electrons. The molecule has 0 aliphatic carbocycles. The highest BCUT2D eigenvalue weighted by Crippen LogP contribution is 2.41. The van der Waals surface area contributed by atoms with Gasteiger partial charge in [0.25, 0.3) is 5.91 Å². The van der Waals surface area contributed by atoms with Crippen LogP contribution >= 0.6 is 0 Å². The Bertz CT molecular complexity index is 1190. The van der Waals surface area contributed by atoms with E-state index >= 15 is 0 Å². The SMILES string of the molecule is CC(N)C(C)C(=O)OCC1(c2ccccc2)C(=O)N(c2ccc(C#N)c(C(F)(F)F)c2)C(=O)N1C. The summed E-state index contributed by atoms with van der Waals surface area (Å²) in [6.45, 7) is 2.59. The molecule has 0 spiro atoms. The van der Waals surface area contributed by atoms with Gasteiger partial charge in [0.15, 0.2) is 5.54 Å². The van der Waals surface area contributed by atoms with Crippen LogP contribution < -0.4 is 10.6 Å². The summed E-state index contributed by atoms with van der Waals surface area (Å²) in [4.78, 5) is 41.1. The van der Waals surface area contributed by atoms with E-state index in [2.05, 4.69) is 0 Å². The van der Waals surface area contributed by atoms with Gasteiger partial charge in [0.05, 0.1) is 28.8 Å². The van der Waals surface area contributed by atoms with Gasteiger partial charge in [0.1, 0.15) is 6.61 Å². The molecule has 2 aromatic carbocycles. The summed E-state index contributed by atoms with van der Waals surface area (Å²) in [5.74, 6) is -2.31. The van der Waals surface area contributed by atoms with Gasteiger partial charge in [-0.3, -0.25) is 9.59 Å². The molecule has 11 heteroatoms. The van der Waals surface area contributed by atoms with Crippen LogP contribution in [0.3, 0.4) is 0 Å². The maximum atomic E-state index is 13.8. The number of urea groups is 1.